The summed E-state index contributed by atoms with van der Waals surface area (Å²) in [6, 6.07) is 14.2. The number of rotatable bonds is 6. The molecule has 0 fully saturated rings. The standard InChI is InChI=1S/C17H18N2O4S/c1-13(2)17(20)19-18-12-14-8-10-15(11-9-14)23-24(21,22)16-6-4-3-5-7-16/h3-13H,1-2H3,(H,19,20)/b18-12+. The summed E-state index contributed by atoms with van der Waals surface area (Å²) < 4.78 is 29.3. The van der Waals surface area contributed by atoms with E-state index in [0.717, 1.165) is 0 Å². The summed E-state index contributed by atoms with van der Waals surface area (Å²) >= 11 is 0. The van der Waals surface area contributed by atoms with Gasteiger partial charge in [-0.3, -0.25) is 4.79 Å². The van der Waals surface area contributed by atoms with Crippen LogP contribution in [0.3, 0.4) is 0 Å². The van der Waals surface area contributed by atoms with E-state index in [2.05, 4.69) is 10.5 Å². The van der Waals surface area contributed by atoms with Gasteiger partial charge in [-0.15, -0.1) is 0 Å². The van der Waals surface area contributed by atoms with Gasteiger partial charge in [-0.2, -0.15) is 13.5 Å². The van der Waals surface area contributed by atoms with Gasteiger partial charge in [-0.25, -0.2) is 5.43 Å². The highest BCUT2D eigenvalue weighted by Gasteiger charge is 2.15. The lowest BCUT2D eigenvalue weighted by molar-refractivity contribution is -0.123. The zero-order valence-electron chi connectivity index (χ0n) is 13.3. The highest BCUT2D eigenvalue weighted by Crippen LogP contribution is 2.18. The van der Waals surface area contributed by atoms with Crippen LogP contribution >= 0.6 is 0 Å². The molecule has 0 aliphatic rings. The van der Waals surface area contributed by atoms with E-state index in [1.165, 1.54) is 30.5 Å². The van der Waals surface area contributed by atoms with E-state index in [-0.39, 0.29) is 22.5 Å². The van der Waals surface area contributed by atoms with Gasteiger partial charge in [0.05, 0.1) is 6.21 Å². The molecule has 1 N–H and O–H groups in total. The summed E-state index contributed by atoms with van der Waals surface area (Å²) in [5.41, 5.74) is 3.11. The van der Waals surface area contributed by atoms with Crippen LogP contribution in [0, 0.1) is 5.92 Å². The molecule has 0 atom stereocenters. The Morgan fingerprint density at radius 2 is 1.71 bits per heavy atom. The van der Waals surface area contributed by atoms with Gasteiger partial charge < -0.3 is 4.18 Å². The van der Waals surface area contributed by atoms with Crippen molar-refractivity contribution < 1.29 is 17.4 Å². The third kappa shape index (κ3) is 4.92. The third-order valence-electron chi connectivity index (χ3n) is 3.03. The molecule has 1 amide bonds. The quantitative estimate of drug-likeness (QED) is 0.495. The molecular formula is C17H18N2O4S. The molecular weight excluding hydrogens is 328 g/mol. The molecule has 0 aromatic heterocycles. The summed E-state index contributed by atoms with van der Waals surface area (Å²) in [6.45, 7) is 3.54. The predicted molar refractivity (Wildman–Crippen MR) is 91.3 cm³/mol. The maximum atomic E-state index is 12.1. The van der Waals surface area contributed by atoms with Crippen molar-refractivity contribution in [2.75, 3.05) is 0 Å². The van der Waals surface area contributed by atoms with Gasteiger partial charge in [0.15, 0.2) is 0 Å². The van der Waals surface area contributed by atoms with E-state index in [0.29, 0.717) is 5.56 Å². The number of amides is 1. The second-order valence-corrected chi connectivity index (χ2v) is 6.85. The van der Waals surface area contributed by atoms with Crippen LogP contribution < -0.4 is 9.61 Å². The van der Waals surface area contributed by atoms with Gasteiger partial charge in [0, 0.05) is 5.92 Å². The maximum Gasteiger partial charge on any atom is 0.339 e. The van der Waals surface area contributed by atoms with Crippen molar-refractivity contribution in [2.24, 2.45) is 11.0 Å². The Kier molecular flexibility index (Phi) is 5.70. The highest BCUT2D eigenvalue weighted by molar-refractivity contribution is 7.87. The molecule has 7 heteroatoms. The minimum absolute atomic E-state index is 0.0898. The molecule has 126 valence electrons. The molecule has 0 aliphatic carbocycles. The molecule has 0 heterocycles. The van der Waals surface area contributed by atoms with Crippen molar-refractivity contribution in [3.8, 4) is 5.75 Å². The predicted octanol–water partition coefficient (Wildman–Crippen LogP) is 2.56. The van der Waals surface area contributed by atoms with Crippen molar-refractivity contribution in [1.82, 2.24) is 5.43 Å². The van der Waals surface area contributed by atoms with E-state index in [4.69, 9.17) is 4.18 Å². The average Bonchev–Trinajstić information content (AvgIpc) is 2.57. The van der Waals surface area contributed by atoms with E-state index >= 15 is 0 Å². The van der Waals surface area contributed by atoms with Gasteiger partial charge in [0.2, 0.25) is 5.91 Å². The zero-order chi connectivity index (χ0) is 17.6. The van der Waals surface area contributed by atoms with Crippen LogP contribution in [0.25, 0.3) is 0 Å². The van der Waals surface area contributed by atoms with Crippen molar-refractivity contribution in [3.63, 3.8) is 0 Å². The first kappa shape index (κ1) is 17.7. The van der Waals surface area contributed by atoms with Crippen molar-refractivity contribution in [1.29, 1.82) is 0 Å². The monoisotopic (exact) mass is 346 g/mol. The molecule has 2 aromatic rings. The summed E-state index contributed by atoms with van der Waals surface area (Å²) in [4.78, 5) is 11.5. The smallest absolute Gasteiger partial charge is 0.339 e. The van der Waals surface area contributed by atoms with Crippen LogP contribution in [-0.2, 0) is 14.9 Å². The van der Waals surface area contributed by atoms with Crippen LogP contribution in [0.2, 0.25) is 0 Å². The number of nitrogens with zero attached hydrogens (tertiary/aromatic N) is 1. The van der Waals surface area contributed by atoms with Gasteiger partial charge in [0.25, 0.3) is 0 Å². The topological polar surface area (TPSA) is 84.8 Å². The van der Waals surface area contributed by atoms with Gasteiger partial charge >= 0.3 is 10.1 Å². The molecule has 24 heavy (non-hydrogen) atoms. The van der Waals surface area contributed by atoms with Crippen LogP contribution in [0.4, 0.5) is 0 Å². The summed E-state index contributed by atoms with van der Waals surface area (Å²) in [5, 5.41) is 3.83. The van der Waals surface area contributed by atoms with Gasteiger partial charge in [-0.05, 0) is 42.0 Å². The number of hydrazone groups is 1. The van der Waals surface area contributed by atoms with Crippen molar-refractivity contribution >= 4 is 22.2 Å². The Labute approximate surface area is 141 Å². The molecule has 0 saturated carbocycles. The Morgan fingerprint density at radius 1 is 1.08 bits per heavy atom. The molecule has 0 saturated heterocycles. The fraction of sp³-hybridized carbons (Fsp3) is 0.176. The molecule has 0 bridgehead atoms. The number of hydrogen-bond donors (Lipinski definition) is 1. The highest BCUT2D eigenvalue weighted by atomic mass is 32.2. The van der Waals surface area contributed by atoms with Crippen molar-refractivity contribution in [2.45, 2.75) is 18.7 Å². The maximum absolute atomic E-state index is 12.1. The number of carbonyl (C=O) groups is 1. The number of hydrogen-bond acceptors (Lipinski definition) is 5. The molecule has 0 unspecified atom stereocenters. The average molecular weight is 346 g/mol. The van der Waals surface area contributed by atoms with E-state index in [1.807, 2.05) is 0 Å². The van der Waals surface area contributed by atoms with Crippen molar-refractivity contribution in [3.05, 3.63) is 60.2 Å². The normalized spacial score (nSPS) is 11.6. The van der Waals surface area contributed by atoms with Crippen LogP contribution in [0.5, 0.6) is 5.75 Å². The molecule has 2 aromatic carbocycles. The number of carbonyl (C=O) groups excluding carboxylic acids is 1. The van der Waals surface area contributed by atoms with E-state index < -0.39 is 10.1 Å². The number of benzene rings is 2. The minimum Gasteiger partial charge on any atom is -0.379 e. The SMILES string of the molecule is CC(C)C(=O)N/N=C/c1ccc(OS(=O)(=O)c2ccccc2)cc1. The lowest BCUT2D eigenvalue weighted by Crippen LogP contribution is -2.22. The summed E-state index contributed by atoms with van der Waals surface area (Å²) in [7, 11) is -3.85. The largest absolute Gasteiger partial charge is 0.379 e. The first-order valence-electron chi connectivity index (χ1n) is 7.31. The van der Waals surface area contributed by atoms with Crippen LogP contribution in [0.15, 0.2) is 64.6 Å². The van der Waals surface area contributed by atoms with Crippen LogP contribution in [0.1, 0.15) is 19.4 Å². The fourth-order valence-electron chi connectivity index (χ4n) is 1.67. The molecule has 0 spiro atoms. The zero-order valence-corrected chi connectivity index (χ0v) is 14.2. The first-order valence-corrected chi connectivity index (χ1v) is 8.72. The molecule has 2 rings (SSSR count). The number of nitrogens with one attached hydrogen (secondary N) is 1. The molecule has 0 aliphatic heterocycles. The van der Waals surface area contributed by atoms with Crippen LogP contribution in [-0.4, -0.2) is 20.5 Å². The van der Waals surface area contributed by atoms with Gasteiger partial charge in [-0.1, -0.05) is 32.0 Å². The second kappa shape index (κ2) is 7.74. The summed E-state index contributed by atoms with van der Waals surface area (Å²) in [5.74, 6) is -0.136. The first-order chi connectivity index (χ1) is 11.4. The molecule has 0 radical (unpaired) electrons. The Balaban J connectivity index is 2.02. The Bertz CT molecular complexity index is 813. The Morgan fingerprint density at radius 3 is 2.29 bits per heavy atom. The van der Waals surface area contributed by atoms with E-state index in [9.17, 15) is 13.2 Å². The fourth-order valence-corrected chi connectivity index (χ4v) is 2.62. The van der Waals surface area contributed by atoms with Gasteiger partial charge in [0.1, 0.15) is 10.6 Å². The minimum atomic E-state index is -3.85. The lowest BCUT2D eigenvalue weighted by atomic mass is 10.2. The molecule has 6 nitrogen and oxygen atoms in total. The third-order valence-corrected chi connectivity index (χ3v) is 4.29. The lowest BCUT2D eigenvalue weighted by Gasteiger charge is -2.07. The summed E-state index contributed by atoms with van der Waals surface area (Å²) in [6.07, 6.45) is 1.47. The second-order valence-electron chi connectivity index (χ2n) is 5.31. The van der Waals surface area contributed by atoms with E-state index in [1.54, 1.807) is 44.2 Å². The Hall–Kier alpha value is -2.67.